The van der Waals surface area contributed by atoms with Crippen molar-refractivity contribution in [3.63, 3.8) is 0 Å². The number of amides is 1. The van der Waals surface area contributed by atoms with Crippen molar-refractivity contribution in [2.45, 2.75) is 13.0 Å². The lowest BCUT2D eigenvalue weighted by Gasteiger charge is -2.23. The van der Waals surface area contributed by atoms with Gasteiger partial charge in [0.05, 0.1) is 24.8 Å². The van der Waals surface area contributed by atoms with Gasteiger partial charge in [0.25, 0.3) is 5.91 Å². The van der Waals surface area contributed by atoms with Crippen LogP contribution >= 0.6 is 22.9 Å². The van der Waals surface area contributed by atoms with Crippen molar-refractivity contribution >= 4 is 28.8 Å². The summed E-state index contributed by atoms with van der Waals surface area (Å²) in [4.78, 5) is 17.3. The van der Waals surface area contributed by atoms with Crippen LogP contribution in [-0.4, -0.2) is 56.1 Å². The number of hydrogen-bond donors (Lipinski definition) is 0. The van der Waals surface area contributed by atoms with Gasteiger partial charge < -0.3 is 14.4 Å². The minimum Gasteiger partial charge on any atom is -0.493 e. The van der Waals surface area contributed by atoms with E-state index in [-0.39, 0.29) is 5.91 Å². The van der Waals surface area contributed by atoms with Gasteiger partial charge in [-0.25, -0.2) is 0 Å². The van der Waals surface area contributed by atoms with Crippen LogP contribution in [0.4, 0.5) is 0 Å². The van der Waals surface area contributed by atoms with E-state index in [9.17, 15) is 4.79 Å². The van der Waals surface area contributed by atoms with Crippen molar-refractivity contribution in [2.24, 2.45) is 0 Å². The SMILES string of the molecule is COc1ccc(C(=O)N2CCCN(Cc3ccsc3)CC2)c(Cl)c1OC. The molecule has 3 rings (SSSR count). The Labute approximate surface area is 163 Å². The molecule has 0 aliphatic carbocycles. The van der Waals surface area contributed by atoms with Crippen LogP contribution in [0.3, 0.4) is 0 Å². The molecule has 1 amide bonds. The third-order valence-corrected chi connectivity index (χ3v) is 5.68. The molecule has 0 spiro atoms. The Balaban J connectivity index is 1.70. The van der Waals surface area contributed by atoms with E-state index < -0.39 is 0 Å². The van der Waals surface area contributed by atoms with E-state index in [0.29, 0.717) is 28.6 Å². The molecule has 1 aromatic carbocycles. The molecule has 7 heteroatoms. The third-order valence-electron chi connectivity index (χ3n) is 4.58. The predicted octanol–water partition coefficient (Wildman–Crippen LogP) is 3.77. The van der Waals surface area contributed by atoms with Crippen molar-refractivity contribution in [1.82, 2.24) is 9.80 Å². The van der Waals surface area contributed by atoms with Crippen LogP contribution in [-0.2, 0) is 6.54 Å². The molecule has 1 saturated heterocycles. The molecule has 0 atom stereocenters. The van der Waals surface area contributed by atoms with Gasteiger partial charge in [0.15, 0.2) is 11.5 Å². The molecule has 0 radical (unpaired) electrons. The van der Waals surface area contributed by atoms with Crippen LogP contribution < -0.4 is 9.47 Å². The number of rotatable bonds is 5. The van der Waals surface area contributed by atoms with Gasteiger partial charge in [-0.2, -0.15) is 11.3 Å². The Kier molecular flexibility index (Phi) is 6.40. The third kappa shape index (κ3) is 4.14. The van der Waals surface area contributed by atoms with Crippen molar-refractivity contribution in [3.8, 4) is 11.5 Å². The van der Waals surface area contributed by atoms with Crippen LogP contribution in [0.1, 0.15) is 22.3 Å². The summed E-state index contributed by atoms with van der Waals surface area (Å²) in [5.74, 6) is 0.856. The lowest BCUT2D eigenvalue weighted by molar-refractivity contribution is 0.0761. The molecule has 0 unspecified atom stereocenters. The number of hydrogen-bond acceptors (Lipinski definition) is 5. The molecular formula is C19H23ClN2O3S. The van der Waals surface area contributed by atoms with Crippen molar-refractivity contribution < 1.29 is 14.3 Å². The topological polar surface area (TPSA) is 42.0 Å². The number of carbonyl (C=O) groups excluding carboxylic acids is 1. The zero-order valence-corrected chi connectivity index (χ0v) is 16.6. The van der Waals surface area contributed by atoms with Crippen LogP contribution in [0.2, 0.25) is 5.02 Å². The maximum atomic E-state index is 13.0. The van der Waals surface area contributed by atoms with Gasteiger partial charge in [-0.15, -0.1) is 0 Å². The minimum absolute atomic E-state index is 0.0617. The highest BCUT2D eigenvalue weighted by atomic mass is 35.5. The highest BCUT2D eigenvalue weighted by Gasteiger charge is 2.24. The smallest absolute Gasteiger partial charge is 0.255 e. The molecule has 1 aliphatic heterocycles. The fraction of sp³-hybridized carbons (Fsp3) is 0.421. The summed E-state index contributed by atoms with van der Waals surface area (Å²) in [6.45, 7) is 4.19. The highest BCUT2D eigenvalue weighted by Crippen LogP contribution is 2.37. The Morgan fingerprint density at radius 1 is 1.15 bits per heavy atom. The lowest BCUT2D eigenvalue weighted by atomic mass is 10.1. The zero-order chi connectivity index (χ0) is 18.5. The van der Waals surface area contributed by atoms with E-state index in [2.05, 4.69) is 21.7 Å². The molecule has 5 nitrogen and oxygen atoms in total. The Hall–Kier alpha value is -1.76. The first-order chi connectivity index (χ1) is 12.6. The average molecular weight is 395 g/mol. The maximum absolute atomic E-state index is 13.0. The molecule has 1 fully saturated rings. The molecule has 2 aromatic rings. The van der Waals surface area contributed by atoms with Crippen LogP contribution in [0.5, 0.6) is 11.5 Å². The number of methoxy groups -OCH3 is 2. The monoisotopic (exact) mass is 394 g/mol. The van der Waals surface area contributed by atoms with Crippen molar-refractivity contribution in [3.05, 3.63) is 45.1 Å². The second-order valence-electron chi connectivity index (χ2n) is 6.22. The number of thiophene rings is 1. The highest BCUT2D eigenvalue weighted by molar-refractivity contribution is 7.07. The molecule has 0 N–H and O–H groups in total. The second kappa shape index (κ2) is 8.75. The van der Waals surface area contributed by atoms with Gasteiger partial charge in [-0.3, -0.25) is 9.69 Å². The molecule has 0 saturated carbocycles. The average Bonchev–Trinajstić information content (AvgIpc) is 3.05. The van der Waals surface area contributed by atoms with Gasteiger partial charge in [-0.05, 0) is 40.9 Å². The Morgan fingerprint density at radius 2 is 2.00 bits per heavy atom. The van der Waals surface area contributed by atoms with Crippen LogP contribution in [0.15, 0.2) is 29.0 Å². The molecule has 1 aliphatic rings. The summed E-state index contributed by atoms with van der Waals surface area (Å²) in [6, 6.07) is 5.58. The number of halogens is 1. The summed E-state index contributed by atoms with van der Waals surface area (Å²) < 4.78 is 10.6. The van der Waals surface area contributed by atoms with E-state index in [0.717, 1.165) is 32.6 Å². The predicted molar refractivity (Wildman–Crippen MR) is 105 cm³/mol. The normalized spacial score (nSPS) is 15.6. The fourth-order valence-corrected chi connectivity index (χ4v) is 4.17. The molecule has 26 heavy (non-hydrogen) atoms. The number of nitrogens with zero attached hydrogens (tertiary/aromatic N) is 2. The standard InChI is InChI=1S/C19H23ClN2O3S/c1-24-16-5-4-15(17(20)18(16)25-2)19(23)22-8-3-7-21(9-10-22)12-14-6-11-26-13-14/h4-6,11,13H,3,7-10,12H2,1-2H3. The van der Waals surface area contributed by atoms with E-state index in [4.69, 9.17) is 21.1 Å². The van der Waals surface area contributed by atoms with Gasteiger partial charge >= 0.3 is 0 Å². The second-order valence-corrected chi connectivity index (χ2v) is 7.37. The summed E-state index contributed by atoms with van der Waals surface area (Å²) in [5, 5.41) is 4.58. The summed E-state index contributed by atoms with van der Waals surface area (Å²) in [6.07, 6.45) is 0.945. The van der Waals surface area contributed by atoms with Gasteiger partial charge in [0.2, 0.25) is 0 Å². The van der Waals surface area contributed by atoms with Gasteiger partial charge in [0, 0.05) is 32.7 Å². The molecule has 0 bridgehead atoms. The Bertz CT molecular complexity index is 751. The Morgan fingerprint density at radius 3 is 2.69 bits per heavy atom. The van der Waals surface area contributed by atoms with Crippen LogP contribution in [0.25, 0.3) is 0 Å². The fourth-order valence-electron chi connectivity index (χ4n) is 3.20. The maximum Gasteiger partial charge on any atom is 0.255 e. The van der Waals surface area contributed by atoms with E-state index in [1.807, 2.05) is 4.90 Å². The summed E-state index contributed by atoms with van der Waals surface area (Å²) >= 11 is 8.13. The van der Waals surface area contributed by atoms with E-state index in [1.165, 1.54) is 12.7 Å². The summed E-state index contributed by atoms with van der Waals surface area (Å²) in [5.41, 5.74) is 1.79. The first-order valence-electron chi connectivity index (χ1n) is 8.57. The largest absolute Gasteiger partial charge is 0.493 e. The molecule has 140 valence electrons. The van der Waals surface area contributed by atoms with Crippen molar-refractivity contribution in [1.29, 1.82) is 0 Å². The minimum atomic E-state index is -0.0617. The first kappa shape index (κ1) is 19.0. The number of ether oxygens (including phenoxy) is 2. The van der Waals surface area contributed by atoms with Crippen molar-refractivity contribution in [2.75, 3.05) is 40.4 Å². The first-order valence-corrected chi connectivity index (χ1v) is 9.89. The van der Waals surface area contributed by atoms with Gasteiger partial charge in [-0.1, -0.05) is 11.6 Å². The van der Waals surface area contributed by atoms with Gasteiger partial charge in [0.1, 0.15) is 0 Å². The van der Waals surface area contributed by atoms with E-state index >= 15 is 0 Å². The molecular weight excluding hydrogens is 372 g/mol. The van der Waals surface area contributed by atoms with E-state index in [1.54, 1.807) is 30.6 Å². The summed E-state index contributed by atoms with van der Waals surface area (Å²) in [7, 11) is 3.07. The molecule has 2 heterocycles. The quantitative estimate of drug-likeness (QED) is 0.774. The van der Waals surface area contributed by atoms with Crippen LogP contribution in [0, 0.1) is 0 Å². The number of benzene rings is 1. The lowest BCUT2D eigenvalue weighted by Crippen LogP contribution is -2.35. The molecule has 1 aromatic heterocycles. The zero-order valence-electron chi connectivity index (χ0n) is 15.0. The number of carbonyl (C=O) groups is 1.